The second kappa shape index (κ2) is 12.3. The van der Waals surface area contributed by atoms with Gasteiger partial charge in [-0.2, -0.15) is 0 Å². The maximum absolute atomic E-state index is 14.4. The first-order valence-corrected chi connectivity index (χ1v) is 14.6. The second-order valence-corrected chi connectivity index (χ2v) is 11.1. The molecule has 3 fully saturated rings. The van der Waals surface area contributed by atoms with Crippen molar-refractivity contribution in [2.75, 3.05) is 42.6 Å². The van der Waals surface area contributed by atoms with E-state index in [-0.39, 0.29) is 38.1 Å². The van der Waals surface area contributed by atoms with Crippen molar-refractivity contribution in [3.05, 3.63) is 78.9 Å². The fourth-order valence-electron chi connectivity index (χ4n) is 6.84. The average Bonchev–Trinajstić information content (AvgIpc) is 3.63. The van der Waals surface area contributed by atoms with E-state index < -0.39 is 35.5 Å². The Labute approximate surface area is 250 Å². The summed E-state index contributed by atoms with van der Waals surface area (Å²) in [5, 5.41) is 10.3. The van der Waals surface area contributed by atoms with Crippen molar-refractivity contribution in [1.29, 1.82) is 0 Å². The van der Waals surface area contributed by atoms with Crippen molar-refractivity contribution in [1.82, 2.24) is 4.90 Å². The van der Waals surface area contributed by atoms with Gasteiger partial charge in [0, 0.05) is 25.3 Å². The highest BCUT2D eigenvalue weighted by Gasteiger charge is 2.75. The van der Waals surface area contributed by atoms with Crippen LogP contribution in [0.4, 0.5) is 11.4 Å². The molecule has 1 N–H and O–H groups in total. The fraction of sp³-hybridized carbons (Fsp3) is 0.406. The maximum Gasteiger partial charge on any atom is 0.253 e. The highest BCUT2D eigenvalue weighted by molar-refractivity contribution is 6.34. The topological polar surface area (TPSA) is 99.6 Å². The quantitative estimate of drug-likeness (QED) is 0.376. The zero-order chi connectivity index (χ0) is 30.0. The van der Waals surface area contributed by atoms with E-state index in [1.165, 1.54) is 9.80 Å². The number of carbonyl (C=O) groups is 3. The normalized spacial score (nSPS) is 25.7. The Hall–Kier alpha value is -3.66. The Bertz CT molecular complexity index is 1370. The molecule has 3 aliphatic heterocycles. The summed E-state index contributed by atoms with van der Waals surface area (Å²) in [6.45, 7) is 10.0. The summed E-state index contributed by atoms with van der Waals surface area (Å²) in [6.07, 6.45) is 3.66. The number of halogens is 1. The number of aliphatic hydroxyl groups excluding tert-OH is 1. The second-order valence-electron chi connectivity index (χ2n) is 10.7. The van der Waals surface area contributed by atoms with Crippen LogP contribution in [-0.4, -0.2) is 78.3 Å². The third-order valence-corrected chi connectivity index (χ3v) is 8.74. The van der Waals surface area contributed by atoms with Gasteiger partial charge in [0.2, 0.25) is 11.8 Å². The Morgan fingerprint density at radius 1 is 1.12 bits per heavy atom. The molecule has 2 aromatic carbocycles. The number of aliphatic hydroxyl groups is 1. The average molecular weight is 594 g/mol. The summed E-state index contributed by atoms with van der Waals surface area (Å²) in [5.74, 6) is -2.03. The molecule has 3 amide bonds. The van der Waals surface area contributed by atoms with E-state index in [2.05, 4.69) is 13.2 Å². The van der Waals surface area contributed by atoms with Crippen LogP contribution < -0.4 is 14.5 Å². The molecule has 2 bridgehead atoms. The number of anilines is 2. The number of rotatable bonds is 12. The minimum absolute atomic E-state index is 0.0673. The first-order valence-electron chi connectivity index (χ1n) is 14.2. The van der Waals surface area contributed by atoms with Gasteiger partial charge in [-0.25, -0.2) is 0 Å². The van der Waals surface area contributed by atoms with Crippen molar-refractivity contribution in [2.24, 2.45) is 11.8 Å². The molecule has 10 heteroatoms. The number of amides is 3. The van der Waals surface area contributed by atoms with E-state index in [0.717, 1.165) is 0 Å². The number of para-hydroxylation sites is 1. The van der Waals surface area contributed by atoms with Crippen molar-refractivity contribution in [2.45, 2.75) is 37.5 Å². The molecule has 2 unspecified atom stereocenters. The zero-order valence-corrected chi connectivity index (χ0v) is 24.4. The number of carbonyl (C=O) groups excluding carboxylic acids is 3. The first-order chi connectivity index (χ1) is 20.3. The van der Waals surface area contributed by atoms with E-state index in [0.29, 0.717) is 41.6 Å². The summed E-state index contributed by atoms with van der Waals surface area (Å²) in [7, 11) is 0. The van der Waals surface area contributed by atoms with E-state index in [4.69, 9.17) is 21.1 Å². The third kappa shape index (κ3) is 4.89. The van der Waals surface area contributed by atoms with Crippen molar-refractivity contribution in [3.8, 4) is 5.75 Å². The number of benzene rings is 2. The molecule has 5 atom stereocenters. The predicted octanol–water partition coefficient (Wildman–Crippen LogP) is 3.84. The molecule has 3 saturated heterocycles. The maximum atomic E-state index is 14.4. The lowest BCUT2D eigenvalue weighted by atomic mass is 9.70. The molecule has 0 radical (unpaired) electrons. The van der Waals surface area contributed by atoms with Crippen LogP contribution in [0.25, 0.3) is 0 Å². The third-order valence-electron chi connectivity index (χ3n) is 8.42. The number of nitrogens with zero attached hydrogens (tertiary/aromatic N) is 3. The van der Waals surface area contributed by atoms with Gasteiger partial charge in [0.1, 0.15) is 17.4 Å². The molecule has 1 spiro atoms. The number of fused-ring (bicyclic) bond motifs is 1. The number of β-amino-alcohol motifs (C(OH)–C–C–N with tert-alkyl or cyclic N) is 1. The van der Waals surface area contributed by atoms with Crippen LogP contribution in [-0.2, 0) is 19.1 Å². The summed E-state index contributed by atoms with van der Waals surface area (Å²) in [6, 6.07) is 13.1. The van der Waals surface area contributed by atoms with E-state index in [9.17, 15) is 19.5 Å². The molecule has 0 aromatic heterocycles. The van der Waals surface area contributed by atoms with Gasteiger partial charge in [0.15, 0.2) is 0 Å². The number of hydrogen-bond donors (Lipinski definition) is 1. The van der Waals surface area contributed by atoms with Crippen molar-refractivity contribution < 1.29 is 29.0 Å². The van der Waals surface area contributed by atoms with E-state index in [1.54, 1.807) is 65.6 Å². The smallest absolute Gasteiger partial charge is 0.253 e. The van der Waals surface area contributed by atoms with E-state index in [1.807, 2.05) is 6.92 Å². The Kier molecular flexibility index (Phi) is 8.73. The van der Waals surface area contributed by atoms with Gasteiger partial charge in [-0.05, 0) is 56.2 Å². The molecular weight excluding hydrogens is 558 g/mol. The van der Waals surface area contributed by atoms with Gasteiger partial charge >= 0.3 is 0 Å². The summed E-state index contributed by atoms with van der Waals surface area (Å²) in [4.78, 5) is 47.3. The van der Waals surface area contributed by atoms with Crippen LogP contribution in [0.3, 0.4) is 0 Å². The largest absolute Gasteiger partial charge is 0.494 e. The Balaban J connectivity index is 1.52. The lowest BCUT2D eigenvalue weighted by Gasteiger charge is -2.37. The van der Waals surface area contributed by atoms with Gasteiger partial charge in [0.05, 0.1) is 41.9 Å². The highest BCUT2D eigenvalue weighted by Crippen LogP contribution is 2.59. The van der Waals surface area contributed by atoms with E-state index >= 15 is 0 Å². The molecule has 3 aliphatic rings. The molecule has 5 rings (SSSR count). The molecule has 9 nitrogen and oxygen atoms in total. The summed E-state index contributed by atoms with van der Waals surface area (Å²) in [5.41, 5.74) is -0.0947. The van der Waals surface area contributed by atoms with Crippen LogP contribution in [0.5, 0.6) is 5.75 Å². The number of hydrogen-bond acceptors (Lipinski definition) is 6. The molecule has 0 saturated carbocycles. The fourth-order valence-corrected chi connectivity index (χ4v) is 7.08. The zero-order valence-electron chi connectivity index (χ0n) is 23.7. The van der Waals surface area contributed by atoms with Gasteiger partial charge in [0.25, 0.3) is 5.91 Å². The van der Waals surface area contributed by atoms with Crippen LogP contribution >= 0.6 is 11.6 Å². The Morgan fingerprint density at radius 2 is 1.81 bits per heavy atom. The molecule has 2 aromatic rings. The lowest BCUT2D eigenvalue weighted by molar-refractivity contribution is -0.141. The predicted molar refractivity (Wildman–Crippen MR) is 161 cm³/mol. The van der Waals surface area contributed by atoms with Gasteiger partial charge in [-0.3, -0.25) is 14.4 Å². The highest BCUT2D eigenvalue weighted by atomic mass is 35.5. The van der Waals surface area contributed by atoms with Crippen LogP contribution in [0.1, 0.15) is 19.8 Å². The van der Waals surface area contributed by atoms with Crippen molar-refractivity contribution in [3.63, 3.8) is 0 Å². The first kappa shape index (κ1) is 29.8. The van der Waals surface area contributed by atoms with Gasteiger partial charge in [-0.1, -0.05) is 35.9 Å². The minimum atomic E-state index is -1.21. The SMILES string of the molecule is C=CCN(C(=O)[C@@H]1[C@H]2C(=O)N(CCO)C(C(=O)N(CC=C)c3ccccc3Cl)C23CC[C@H]1O3)c1ccc(OCC)cc1. The summed E-state index contributed by atoms with van der Waals surface area (Å²) >= 11 is 6.49. The molecule has 0 aliphatic carbocycles. The number of likely N-dealkylation sites (tertiary alicyclic amines) is 1. The number of ether oxygens (including phenoxy) is 2. The van der Waals surface area contributed by atoms with Crippen molar-refractivity contribution >= 4 is 40.7 Å². The molecular formula is C32H36ClN3O6. The van der Waals surface area contributed by atoms with Gasteiger partial charge in [-0.15, -0.1) is 13.2 Å². The van der Waals surface area contributed by atoms with Crippen LogP contribution in [0.15, 0.2) is 73.8 Å². The molecule has 3 heterocycles. The molecule has 222 valence electrons. The lowest BCUT2D eigenvalue weighted by Crippen LogP contribution is -2.57. The standard InChI is InChI=1S/C32H36ClN3O6/c1-4-17-34(21-11-13-22(14-12-21)41-6-3)29(38)26-25-15-16-32(42-25)27(26)30(39)36(19-20-37)28(32)31(40)35(18-5-2)24-10-8-7-9-23(24)33/h4-5,7-14,25-28,37H,1-2,6,15-20H2,3H3/t25-,26+,27+,28?,32?/m1/s1. The Morgan fingerprint density at radius 3 is 2.45 bits per heavy atom. The summed E-state index contributed by atoms with van der Waals surface area (Å²) < 4.78 is 12.1. The van der Waals surface area contributed by atoms with Crippen LogP contribution in [0.2, 0.25) is 5.02 Å². The van der Waals surface area contributed by atoms with Gasteiger partial charge < -0.3 is 29.3 Å². The minimum Gasteiger partial charge on any atom is -0.494 e. The van der Waals surface area contributed by atoms with Crippen LogP contribution in [0, 0.1) is 11.8 Å². The molecule has 42 heavy (non-hydrogen) atoms. The monoisotopic (exact) mass is 593 g/mol.